The van der Waals surface area contributed by atoms with Gasteiger partial charge in [0.05, 0.1) is 17.8 Å². The molecule has 0 saturated carbocycles. The van der Waals surface area contributed by atoms with Gasteiger partial charge < -0.3 is 15.1 Å². The van der Waals surface area contributed by atoms with Crippen molar-refractivity contribution in [1.29, 1.82) is 0 Å². The highest BCUT2D eigenvalue weighted by molar-refractivity contribution is 9.10. The molecule has 5 aliphatic heterocycles. The first-order valence-corrected chi connectivity index (χ1v) is 16.7. The molecule has 1 aromatic heterocycles. The molecule has 0 radical (unpaired) electrons. The van der Waals surface area contributed by atoms with Crippen molar-refractivity contribution in [2.45, 2.75) is 62.2 Å². The van der Waals surface area contributed by atoms with Crippen LogP contribution in [0.15, 0.2) is 64.0 Å². The van der Waals surface area contributed by atoms with Crippen LogP contribution in [0.4, 0.5) is 11.4 Å². The van der Waals surface area contributed by atoms with Gasteiger partial charge in [0.1, 0.15) is 4.47 Å². The first kappa shape index (κ1) is 30.1. The fourth-order valence-corrected chi connectivity index (χ4v) is 8.18. The molecule has 6 heterocycles. The molecule has 5 aliphatic rings. The van der Waals surface area contributed by atoms with Crippen LogP contribution < -0.4 is 21.1 Å². The van der Waals surface area contributed by atoms with E-state index in [-0.39, 0.29) is 29.3 Å². The predicted molar refractivity (Wildman–Crippen MR) is 177 cm³/mol. The fourth-order valence-electron chi connectivity index (χ4n) is 7.71. The summed E-state index contributed by atoms with van der Waals surface area (Å²) in [7, 11) is 3.81. The summed E-state index contributed by atoms with van der Waals surface area (Å²) >= 11 is 3.45. The summed E-state index contributed by atoms with van der Waals surface area (Å²) in [5.74, 6) is -0.204. The number of nitrogens with one attached hydrogen (secondary N) is 2. The molecule has 2 amide bonds. The molecule has 45 heavy (non-hydrogen) atoms. The molecule has 5 saturated heterocycles. The Labute approximate surface area is 271 Å². The quantitative estimate of drug-likeness (QED) is 0.368. The van der Waals surface area contributed by atoms with Crippen molar-refractivity contribution in [2.24, 2.45) is 7.05 Å². The monoisotopic (exact) mass is 673 g/mol. The number of piperazine rings is 1. The van der Waals surface area contributed by atoms with E-state index < -0.39 is 0 Å². The number of fused-ring (bicyclic) bond motifs is 2. The van der Waals surface area contributed by atoms with Crippen LogP contribution in [0.2, 0.25) is 0 Å². The largest absolute Gasteiger partial charge is 0.379 e. The standard InChI is InChI=1S/C34H40BrN7O3/c1-39-17-24(12-25(18-39)37-30-15-36-40(2)34(45)32(30)35)22-8-6-21(7-9-22)16-42-27-14-28(42)20-41(19-27)26-5-3-4-23(13-26)29-10-11-31(43)38-33(29)44/h3-9,13,15,24-25,27-29,37H,10-12,14,16-20H2,1-2H3,(H,38,43,44)/t24-,25+,27?,28?,29?/m1/s1. The van der Waals surface area contributed by atoms with E-state index in [1.807, 2.05) is 12.1 Å². The topological polar surface area (TPSA) is 103 Å². The third-order valence-electron chi connectivity index (χ3n) is 10.1. The van der Waals surface area contributed by atoms with Gasteiger partial charge in [-0.1, -0.05) is 36.4 Å². The molecule has 236 valence electrons. The molecular formula is C34H40BrN7O3. The maximum Gasteiger partial charge on any atom is 0.282 e. The van der Waals surface area contributed by atoms with Crippen molar-refractivity contribution in [3.8, 4) is 0 Å². The van der Waals surface area contributed by atoms with E-state index in [9.17, 15) is 14.4 Å². The second-order valence-corrected chi connectivity index (χ2v) is 14.1. The van der Waals surface area contributed by atoms with Crippen LogP contribution in [0, 0.1) is 0 Å². The summed E-state index contributed by atoms with van der Waals surface area (Å²) in [5, 5.41) is 10.2. The number of halogens is 1. The molecule has 11 heteroatoms. The van der Waals surface area contributed by atoms with Crippen LogP contribution in [0.1, 0.15) is 54.2 Å². The number of rotatable bonds is 7. The van der Waals surface area contributed by atoms with Crippen molar-refractivity contribution >= 4 is 39.1 Å². The van der Waals surface area contributed by atoms with Crippen LogP contribution in [0.3, 0.4) is 0 Å². The lowest BCUT2D eigenvalue weighted by Gasteiger charge is -2.57. The number of likely N-dealkylation sites (N-methyl/N-ethyl adjacent to an activating group) is 1. The smallest absolute Gasteiger partial charge is 0.282 e. The number of carbonyl (C=O) groups is 2. The second kappa shape index (κ2) is 12.3. The number of nitrogens with zero attached hydrogens (tertiary/aromatic N) is 5. The van der Waals surface area contributed by atoms with Crippen LogP contribution in [-0.4, -0.2) is 82.7 Å². The minimum atomic E-state index is -0.253. The number of imide groups is 1. The summed E-state index contributed by atoms with van der Waals surface area (Å²) in [6.45, 7) is 4.83. The number of benzene rings is 2. The highest BCUT2D eigenvalue weighted by Gasteiger charge is 2.44. The molecule has 10 nitrogen and oxygen atoms in total. The third kappa shape index (κ3) is 6.17. The summed E-state index contributed by atoms with van der Waals surface area (Å²) < 4.78 is 1.86. The Bertz CT molecular complexity index is 1650. The van der Waals surface area contributed by atoms with Gasteiger partial charge in [0.15, 0.2) is 0 Å². The number of likely N-dealkylation sites (tertiary alicyclic amines) is 1. The first-order chi connectivity index (χ1) is 21.7. The van der Waals surface area contributed by atoms with Crippen molar-refractivity contribution in [2.75, 3.05) is 43.4 Å². The molecule has 2 N–H and O–H groups in total. The van der Waals surface area contributed by atoms with E-state index in [1.165, 1.54) is 27.9 Å². The number of aryl methyl sites for hydroxylation is 1. The average molecular weight is 675 g/mol. The molecule has 2 aromatic carbocycles. The molecule has 2 bridgehead atoms. The number of piperidine rings is 3. The predicted octanol–water partition coefficient (Wildman–Crippen LogP) is 3.43. The van der Waals surface area contributed by atoms with E-state index >= 15 is 0 Å². The zero-order valence-corrected chi connectivity index (χ0v) is 27.4. The van der Waals surface area contributed by atoms with Crippen LogP contribution in [0.5, 0.6) is 0 Å². The van der Waals surface area contributed by atoms with Gasteiger partial charge in [-0.25, -0.2) is 4.68 Å². The van der Waals surface area contributed by atoms with Gasteiger partial charge in [0, 0.05) is 70.0 Å². The van der Waals surface area contributed by atoms with Crippen molar-refractivity contribution < 1.29 is 9.59 Å². The summed E-state index contributed by atoms with van der Waals surface area (Å²) in [5.41, 5.74) is 5.46. The Morgan fingerprint density at radius 2 is 1.73 bits per heavy atom. The molecule has 0 spiro atoms. The van der Waals surface area contributed by atoms with Gasteiger partial charge in [-0.3, -0.25) is 24.6 Å². The Morgan fingerprint density at radius 1 is 0.956 bits per heavy atom. The lowest BCUT2D eigenvalue weighted by Crippen LogP contribution is -2.68. The molecule has 5 atom stereocenters. The van der Waals surface area contributed by atoms with Gasteiger partial charge in [-0.05, 0) is 77.0 Å². The van der Waals surface area contributed by atoms with Crippen molar-refractivity contribution in [1.82, 2.24) is 24.9 Å². The number of aromatic nitrogens is 2. The summed E-state index contributed by atoms with van der Waals surface area (Å²) in [6.07, 6.45) is 4.90. The van der Waals surface area contributed by atoms with E-state index in [0.717, 1.165) is 50.4 Å². The lowest BCUT2D eigenvalue weighted by molar-refractivity contribution is -0.134. The van der Waals surface area contributed by atoms with E-state index in [0.29, 0.717) is 35.3 Å². The normalized spacial score (nSPS) is 27.2. The van der Waals surface area contributed by atoms with Gasteiger partial charge >= 0.3 is 0 Å². The SMILES string of the molecule is CN1C[C@@H](Nc2cnn(C)c(=O)c2Br)C[C@@H](c2ccc(CN3C4CC3CN(c3cccc(C5CCC(=O)NC5=O)c3)C4)cc2)C1. The Balaban J connectivity index is 0.956. The number of hydrogen-bond acceptors (Lipinski definition) is 8. The molecule has 0 aliphatic carbocycles. The van der Waals surface area contributed by atoms with Gasteiger partial charge in [0.25, 0.3) is 5.56 Å². The lowest BCUT2D eigenvalue weighted by atomic mass is 9.85. The Kier molecular flexibility index (Phi) is 8.26. The van der Waals surface area contributed by atoms with Crippen LogP contribution >= 0.6 is 15.9 Å². The molecular weight excluding hydrogens is 634 g/mol. The van der Waals surface area contributed by atoms with Crippen LogP contribution in [0.25, 0.3) is 0 Å². The number of amides is 2. The minimum absolute atomic E-state index is 0.144. The molecule has 3 aromatic rings. The summed E-state index contributed by atoms with van der Waals surface area (Å²) in [4.78, 5) is 43.8. The molecule has 5 fully saturated rings. The first-order valence-electron chi connectivity index (χ1n) is 15.9. The van der Waals surface area contributed by atoms with Gasteiger partial charge in [0.2, 0.25) is 11.8 Å². The number of hydrogen-bond donors (Lipinski definition) is 2. The van der Waals surface area contributed by atoms with E-state index in [2.05, 4.69) is 89.8 Å². The Hall–Kier alpha value is -3.54. The fraction of sp³-hybridized carbons (Fsp3) is 0.471. The average Bonchev–Trinajstić information content (AvgIpc) is 3.04. The number of anilines is 2. The van der Waals surface area contributed by atoms with Gasteiger partial charge in [-0.2, -0.15) is 5.10 Å². The van der Waals surface area contributed by atoms with Crippen molar-refractivity contribution in [3.63, 3.8) is 0 Å². The van der Waals surface area contributed by atoms with Crippen LogP contribution in [-0.2, 0) is 23.2 Å². The molecule has 8 rings (SSSR count). The Morgan fingerprint density at radius 3 is 2.49 bits per heavy atom. The highest BCUT2D eigenvalue weighted by atomic mass is 79.9. The second-order valence-electron chi connectivity index (χ2n) is 13.3. The molecule has 3 unspecified atom stereocenters. The third-order valence-corrected chi connectivity index (χ3v) is 10.9. The van der Waals surface area contributed by atoms with E-state index in [1.54, 1.807) is 13.2 Å². The number of carbonyl (C=O) groups excluding carboxylic acids is 2. The minimum Gasteiger partial charge on any atom is -0.379 e. The van der Waals surface area contributed by atoms with Gasteiger partial charge in [-0.15, -0.1) is 0 Å². The van der Waals surface area contributed by atoms with Crippen molar-refractivity contribution in [3.05, 3.63) is 86.2 Å². The summed E-state index contributed by atoms with van der Waals surface area (Å²) in [6, 6.07) is 18.8. The zero-order valence-electron chi connectivity index (χ0n) is 25.8. The maximum atomic E-state index is 12.4. The maximum absolute atomic E-state index is 12.4. The zero-order chi connectivity index (χ0) is 31.2. The highest BCUT2D eigenvalue weighted by Crippen LogP contribution is 2.37. The van der Waals surface area contributed by atoms with E-state index in [4.69, 9.17) is 0 Å².